The Hall–Kier alpha value is -1.64. The lowest BCUT2D eigenvalue weighted by atomic mass is 10.1. The number of aliphatic hydroxyl groups excluding tert-OH is 1. The van der Waals surface area contributed by atoms with Crippen LogP contribution in [0.25, 0.3) is 0 Å². The topological polar surface area (TPSA) is 23.5 Å². The molecule has 0 heterocycles. The first kappa shape index (κ1) is 14.8. The fourth-order valence-electron chi connectivity index (χ4n) is 2.40. The Morgan fingerprint density at radius 1 is 1.00 bits per heavy atom. The van der Waals surface area contributed by atoms with Crippen LogP contribution in [0.15, 0.2) is 54.6 Å². The molecule has 2 aromatic carbocycles. The first-order chi connectivity index (χ1) is 9.69. The molecule has 2 rings (SSSR count). The molecule has 0 spiro atoms. The molecule has 0 aliphatic rings. The van der Waals surface area contributed by atoms with Crippen LogP contribution in [-0.2, 0) is 13.0 Å². The monoisotopic (exact) mass is 269 g/mol. The fourth-order valence-corrected chi connectivity index (χ4v) is 2.40. The Morgan fingerprint density at radius 2 is 1.70 bits per heavy atom. The largest absolute Gasteiger partial charge is 0.387 e. The van der Waals surface area contributed by atoms with Crippen molar-refractivity contribution in [1.82, 2.24) is 4.90 Å². The van der Waals surface area contributed by atoms with Gasteiger partial charge in [-0.05, 0) is 30.2 Å². The number of hydrogen-bond acceptors (Lipinski definition) is 2. The zero-order chi connectivity index (χ0) is 14.4. The first-order valence-corrected chi connectivity index (χ1v) is 7.18. The van der Waals surface area contributed by atoms with E-state index < -0.39 is 6.10 Å². The van der Waals surface area contributed by atoms with E-state index in [-0.39, 0.29) is 0 Å². The zero-order valence-electron chi connectivity index (χ0n) is 12.3. The predicted octanol–water partition coefficient (Wildman–Crippen LogP) is 3.41. The summed E-state index contributed by atoms with van der Waals surface area (Å²) in [5, 5.41) is 10.2. The van der Waals surface area contributed by atoms with Crippen molar-refractivity contribution < 1.29 is 5.11 Å². The van der Waals surface area contributed by atoms with Gasteiger partial charge in [0.15, 0.2) is 0 Å². The molecular formula is C18H23NO. The predicted molar refractivity (Wildman–Crippen MR) is 83.6 cm³/mol. The van der Waals surface area contributed by atoms with Crippen LogP contribution in [-0.4, -0.2) is 23.6 Å². The van der Waals surface area contributed by atoms with Crippen LogP contribution < -0.4 is 0 Å². The number of rotatable bonds is 6. The van der Waals surface area contributed by atoms with E-state index in [1.807, 2.05) is 37.4 Å². The first-order valence-electron chi connectivity index (χ1n) is 7.18. The number of aryl methyl sites for hydroxylation is 1. The molecule has 0 saturated heterocycles. The SMILES string of the molecule is CCc1cccc(CN(C)CC(O)c2ccccc2)c1. The second-order valence-electron chi connectivity index (χ2n) is 5.30. The molecule has 0 fully saturated rings. The van der Waals surface area contributed by atoms with Gasteiger partial charge in [-0.25, -0.2) is 0 Å². The summed E-state index contributed by atoms with van der Waals surface area (Å²) < 4.78 is 0. The molecule has 1 atom stereocenters. The normalized spacial score (nSPS) is 12.6. The van der Waals surface area contributed by atoms with E-state index in [1.165, 1.54) is 11.1 Å². The van der Waals surface area contributed by atoms with Crippen LogP contribution in [0.1, 0.15) is 29.7 Å². The molecule has 20 heavy (non-hydrogen) atoms. The van der Waals surface area contributed by atoms with Crippen LogP contribution in [0.2, 0.25) is 0 Å². The minimum absolute atomic E-state index is 0.435. The molecule has 0 amide bonds. The van der Waals surface area contributed by atoms with Crippen molar-refractivity contribution in [1.29, 1.82) is 0 Å². The molecule has 1 N–H and O–H groups in total. The van der Waals surface area contributed by atoms with Crippen LogP contribution >= 0.6 is 0 Å². The van der Waals surface area contributed by atoms with E-state index >= 15 is 0 Å². The van der Waals surface area contributed by atoms with Gasteiger partial charge in [0.25, 0.3) is 0 Å². The maximum atomic E-state index is 10.2. The number of hydrogen-bond donors (Lipinski definition) is 1. The van der Waals surface area contributed by atoms with Crippen molar-refractivity contribution in [2.75, 3.05) is 13.6 Å². The summed E-state index contributed by atoms with van der Waals surface area (Å²) in [7, 11) is 2.05. The molecule has 1 unspecified atom stereocenters. The standard InChI is InChI=1S/C18H23NO/c1-3-15-8-7-9-16(12-15)13-19(2)14-18(20)17-10-5-4-6-11-17/h4-12,18,20H,3,13-14H2,1-2H3. The van der Waals surface area contributed by atoms with Gasteiger partial charge in [0.1, 0.15) is 0 Å². The maximum absolute atomic E-state index is 10.2. The second kappa shape index (κ2) is 7.22. The average Bonchev–Trinajstić information content (AvgIpc) is 2.48. The highest BCUT2D eigenvalue weighted by Crippen LogP contribution is 2.15. The minimum atomic E-state index is -0.435. The highest BCUT2D eigenvalue weighted by atomic mass is 16.3. The lowest BCUT2D eigenvalue weighted by molar-refractivity contribution is 0.124. The van der Waals surface area contributed by atoms with Crippen molar-refractivity contribution in [3.63, 3.8) is 0 Å². The molecule has 2 nitrogen and oxygen atoms in total. The molecule has 0 aliphatic carbocycles. The number of nitrogens with zero attached hydrogens (tertiary/aromatic N) is 1. The van der Waals surface area contributed by atoms with Gasteiger partial charge in [0.2, 0.25) is 0 Å². The Labute approximate surface area is 121 Å². The van der Waals surface area contributed by atoms with Gasteiger partial charge in [-0.15, -0.1) is 0 Å². The van der Waals surface area contributed by atoms with Crippen molar-refractivity contribution >= 4 is 0 Å². The number of likely N-dealkylation sites (N-methyl/N-ethyl adjacent to an activating group) is 1. The Kier molecular flexibility index (Phi) is 5.33. The fraction of sp³-hybridized carbons (Fsp3) is 0.333. The van der Waals surface area contributed by atoms with Crippen LogP contribution in [0.5, 0.6) is 0 Å². The maximum Gasteiger partial charge on any atom is 0.0916 e. The van der Waals surface area contributed by atoms with Gasteiger partial charge in [-0.3, -0.25) is 4.90 Å². The minimum Gasteiger partial charge on any atom is -0.387 e. The molecule has 0 radical (unpaired) electrons. The summed E-state index contributed by atoms with van der Waals surface area (Å²) in [5.41, 5.74) is 3.63. The lowest BCUT2D eigenvalue weighted by Gasteiger charge is -2.21. The zero-order valence-corrected chi connectivity index (χ0v) is 12.3. The number of aliphatic hydroxyl groups is 1. The average molecular weight is 269 g/mol. The highest BCUT2D eigenvalue weighted by Gasteiger charge is 2.10. The molecular weight excluding hydrogens is 246 g/mol. The smallest absolute Gasteiger partial charge is 0.0916 e. The molecule has 0 aliphatic heterocycles. The van der Waals surface area contributed by atoms with Crippen molar-refractivity contribution in [3.05, 3.63) is 71.3 Å². The van der Waals surface area contributed by atoms with Gasteiger partial charge in [0.05, 0.1) is 6.10 Å². The second-order valence-corrected chi connectivity index (χ2v) is 5.30. The van der Waals surface area contributed by atoms with Gasteiger partial charge in [-0.1, -0.05) is 61.5 Å². The van der Waals surface area contributed by atoms with E-state index in [1.54, 1.807) is 0 Å². The van der Waals surface area contributed by atoms with Gasteiger partial charge < -0.3 is 5.11 Å². The quantitative estimate of drug-likeness (QED) is 0.868. The van der Waals surface area contributed by atoms with E-state index in [0.717, 1.165) is 18.5 Å². The summed E-state index contributed by atoms with van der Waals surface area (Å²) in [6, 6.07) is 18.5. The summed E-state index contributed by atoms with van der Waals surface area (Å²) in [6.07, 6.45) is 0.625. The summed E-state index contributed by atoms with van der Waals surface area (Å²) in [6.45, 7) is 3.67. The third kappa shape index (κ3) is 4.19. The van der Waals surface area contributed by atoms with Crippen molar-refractivity contribution in [2.45, 2.75) is 26.0 Å². The van der Waals surface area contributed by atoms with E-state index in [9.17, 15) is 5.11 Å². The summed E-state index contributed by atoms with van der Waals surface area (Å²) >= 11 is 0. The van der Waals surface area contributed by atoms with E-state index in [0.29, 0.717) is 6.54 Å². The molecule has 2 aromatic rings. The summed E-state index contributed by atoms with van der Waals surface area (Å²) in [5.74, 6) is 0. The molecule has 2 heteroatoms. The highest BCUT2D eigenvalue weighted by molar-refractivity contribution is 5.23. The van der Waals surface area contributed by atoms with E-state index in [2.05, 4.69) is 36.1 Å². The Bertz CT molecular complexity index is 524. The van der Waals surface area contributed by atoms with Gasteiger partial charge >= 0.3 is 0 Å². The third-order valence-corrected chi connectivity index (χ3v) is 3.52. The lowest BCUT2D eigenvalue weighted by Crippen LogP contribution is -2.24. The van der Waals surface area contributed by atoms with Gasteiger partial charge in [-0.2, -0.15) is 0 Å². The van der Waals surface area contributed by atoms with Crippen molar-refractivity contribution in [2.24, 2.45) is 0 Å². The third-order valence-electron chi connectivity index (χ3n) is 3.52. The summed E-state index contributed by atoms with van der Waals surface area (Å²) in [4.78, 5) is 2.16. The molecule has 0 bridgehead atoms. The molecule has 106 valence electrons. The van der Waals surface area contributed by atoms with Crippen LogP contribution in [0.3, 0.4) is 0 Å². The van der Waals surface area contributed by atoms with Crippen LogP contribution in [0, 0.1) is 0 Å². The number of benzene rings is 2. The molecule has 0 aromatic heterocycles. The van der Waals surface area contributed by atoms with Crippen LogP contribution in [0.4, 0.5) is 0 Å². The van der Waals surface area contributed by atoms with Gasteiger partial charge in [0, 0.05) is 13.1 Å². The van der Waals surface area contributed by atoms with E-state index in [4.69, 9.17) is 0 Å². The Morgan fingerprint density at radius 3 is 2.40 bits per heavy atom. The Balaban J connectivity index is 1.93. The molecule has 0 saturated carbocycles. The van der Waals surface area contributed by atoms with Crippen molar-refractivity contribution in [3.8, 4) is 0 Å².